The van der Waals surface area contributed by atoms with Gasteiger partial charge in [-0.2, -0.15) is 0 Å². The van der Waals surface area contributed by atoms with Gasteiger partial charge in [0.2, 0.25) is 0 Å². The highest BCUT2D eigenvalue weighted by Gasteiger charge is 2.43. The zero-order valence-corrected chi connectivity index (χ0v) is 36.9. The van der Waals surface area contributed by atoms with Gasteiger partial charge in [0.1, 0.15) is 31.0 Å². The number of aliphatic hydroxyl groups excluding tert-OH is 5. The van der Waals surface area contributed by atoms with Crippen LogP contribution in [0.5, 0.6) is 0 Å². The van der Waals surface area contributed by atoms with Gasteiger partial charge in [0.25, 0.3) is 0 Å². The summed E-state index contributed by atoms with van der Waals surface area (Å²) in [5, 5.41) is 46.1. The van der Waals surface area contributed by atoms with Crippen molar-refractivity contribution in [2.24, 2.45) is 0 Å². The maximum Gasteiger partial charge on any atom is 0.306 e. The molecular formula is C46H90O11. The highest BCUT2D eigenvalue weighted by atomic mass is 16.7. The van der Waals surface area contributed by atoms with E-state index >= 15 is 0 Å². The molecule has 5 N–H and O–H groups in total. The minimum atomic E-state index is -1.36. The number of aliphatic hydroxyl groups is 5. The molecule has 0 aromatic rings. The predicted molar refractivity (Wildman–Crippen MR) is 228 cm³/mol. The quantitative estimate of drug-likeness (QED) is 0.0297. The van der Waals surface area contributed by atoms with Gasteiger partial charge in [-0.25, -0.2) is 0 Å². The van der Waals surface area contributed by atoms with Crippen molar-refractivity contribution < 1.29 is 54.1 Å². The van der Waals surface area contributed by atoms with Crippen LogP contribution in [0.25, 0.3) is 0 Å². The topological polar surface area (TPSA) is 172 Å². The number of carbonyl (C=O) groups excluding carboxylic acids is 2. The van der Waals surface area contributed by atoms with E-state index < -0.39 is 43.4 Å². The first-order valence-electron chi connectivity index (χ1n) is 23.5. The molecule has 57 heavy (non-hydrogen) atoms. The van der Waals surface area contributed by atoms with E-state index in [1.165, 1.54) is 168 Å². The first kappa shape index (κ1) is 55.7. The number of hydrogen-bond acceptors (Lipinski definition) is 11. The van der Waals surface area contributed by atoms with Gasteiger partial charge < -0.3 is 44.5 Å². The average molecular weight is 819 g/mol. The second-order valence-electron chi connectivity index (χ2n) is 16.3. The standard InChI is InChI=1S/C39H76O5.C7H14O6/c1-3-5-7-9-11-13-15-17-19-21-23-25-27-29-31-33-38(41)43-36-37(35-40)44-39(42)34-32-30-28-26-24-22-20-18-16-14-12-10-8-6-4-2;1-12-7-6(11)5(10)4(9)3(2-8)13-7/h37,40H,3-36H2,1-2H3;3-11H,2H2,1H3/t;3-,4-,5+,6-,7-/m.1/s1. The zero-order chi connectivity index (χ0) is 42.2. The first-order valence-corrected chi connectivity index (χ1v) is 23.5. The lowest BCUT2D eigenvalue weighted by atomic mass is 9.99. The Morgan fingerprint density at radius 3 is 1.19 bits per heavy atom. The third-order valence-electron chi connectivity index (χ3n) is 11.0. The van der Waals surface area contributed by atoms with E-state index in [9.17, 15) is 30.0 Å². The van der Waals surface area contributed by atoms with Gasteiger partial charge in [-0.15, -0.1) is 0 Å². The summed E-state index contributed by atoms with van der Waals surface area (Å²) < 4.78 is 20.3. The Balaban J connectivity index is 0.00000202. The number of unbranched alkanes of at least 4 members (excludes halogenated alkanes) is 28. The van der Waals surface area contributed by atoms with Gasteiger partial charge in [-0.3, -0.25) is 9.59 Å². The Morgan fingerprint density at radius 1 is 0.509 bits per heavy atom. The third-order valence-corrected chi connectivity index (χ3v) is 11.0. The molecule has 1 unspecified atom stereocenters. The van der Waals surface area contributed by atoms with Gasteiger partial charge in [-0.05, 0) is 12.8 Å². The molecule has 0 aliphatic carbocycles. The van der Waals surface area contributed by atoms with Crippen LogP contribution in [-0.2, 0) is 28.5 Å². The average Bonchev–Trinajstić information content (AvgIpc) is 3.21. The minimum absolute atomic E-state index is 0.0569. The molecule has 0 radical (unpaired) electrons. The van der Waals surface area contributed by atoms with Gasteiger partial charge >= 0.3 is 11.9 Å². The SMILES string of the molecule is CCCCCCCCCCCCCCCCCC(=O)OCC(CO)OC(=O)CCCCCCCCCCCCCCCCC.CO[C@@H]1O[C@H](CO)[C@@H](O)[C@H](O)[C@H]1O. The smallest absolute Gasteiger partial charge is 0.306 e. The lowest BCUT2D eigenvalue weighted by molar-refractivity contribution is -0.294. The second-order valence-corrected chi connectivity index (χ2v) is 16.3. The molecule has 0 amide bonds. The summed E-state index contributed by atoms with van der Waals surface area (Å²) in [6, 6.07) is 0. The molecular weight excluding hydrogens is 728 g/mol. The van der Waals surface area contributed by atoms with Crippen LogP contribution in [0.4, 0.5) is 0 Å². The van der Waals surface area contributed by atoms with E-state index in [2.05, 4.69) is 13.8 Å². The monoisotopic (exact) mass is 819 g/mol. The summed E-state index contributed by atoms with van der Waals surface area (Å²) >= 11 is 0. The highest BCUT2D eigenvalue weighted by Crippen LogP contribution is 2.21. The van der Waals surface area contributed by atoms with Crippen LogP contribution >= 0.6 is 0 Å². The van der Waals surface area contributed by atoms with Crippen LogP contribution in [0.3, 0.4) is 0 Å². The van der Waals surface area contributed by atoms with Crippen molar-refractivity contribution in [3.8, 4) is 0 Å². The Bertz CT molecular complexity index is 855. The molecule has 11 nitrogen and oxygen atoms in total. The molecule has 0 bridgehead atoms. The van der Waals surface area contributed by atoms with Crippen LogP contribution in [-0.4, -0.2) is 101 Å². The normalized spacial score (nSPS) is 19.8. The Kier molecular flexibility index (Phi) is 40.4. The molecule has 1 fully saturated rings. The molecule has 1 aliphatic rings. The largest absolute Gasteiger partial charge is 0.462 e. The van der Waals surface area contributed by atoms with E-state index in [1.54, 1.807) is 0 Å². The fourth-order valence-corrected chi connectivity index (χ4v) is 7.17. The van der Waals surface area contributed by atoms with E-state index in [0.717, 1.165) is 32.1 Å². The van der Waals surface area contributed by atoms with E-state index in [-0.39, 0.29) is 25.2 Å². The summed E-state index contributed by atoms with van der Waals surface area (Å²) in [6.45, 7) is 3.72. The van der Waals surface area contributed by atoms with E-state index in [0.29, 0.717) is 12.8 Å². The number of rotatable bonds is 38. The number of methoxy groups -OCH3 is 1. The Morgan fingerprint density at radius 2 is 0.860 bits per heavy atom. The summed E-state index contributed by atoms with van der Waals surface area (Å²) in [5.74, 6) is -0.575. The number of carbonyl (C=O) groups is 2. The van der Waals surface area contributed by atoms with Crippen molar-refractivity contribution in [3.05, 3.63) is 0 Å². The molecule has 0 aromatic carbocycles. The minimum Gasteiger partial charge on any atom is -0.462 e. The van der Waals surface area contributed by atoms with Crippen molar-refractivity contribution in [1.82, 2.24) is 0 Å². The molecule has 1 rings (SSSR count). The fourth-order valence-electron chi connectivity index (χ4n) is 7.17. The van der Waals surface area contributed by atoms with Crippen LogP contribution in [0.2, 0.25) is 0 Å². The van der Waals surface area contributed by atoms with E-state index in [4.69, 9.17) is 24.1 Å². The van der Waals surface area contributed by atoms with Crippen LogP contribution < -0.4 is 0 Å². The second kappa shape index (κ2) is 41.4. The highest BCUT2D eigenvalue weighted by molar-refractivity contribution is 5.70. The number of hydrogen-bond donors (Lipinski definition) is 5. The summed E-state index contributed by atoms with van der Waals surface area (Å²) in [6.07, 6.45) is 32.8. The molecule has 11 heteroatoms. The van der Waals surface area contributed by atoms with Crippen molar-refractivity contribution >= 4 is 11.9 Å². The molecule has 0 spiro atoms. The van der Waals surface area contributed by atoms with Crippen molar-refractivity contribution in [1.29, 1.82) is 0 Å². The third kappa shape index (κ3) is 33.1. The van der Waals surface area contributed by atoms with Crippen LogP contribution in [0, 0.1) is 0 Å². The van der Waals surface area contributed by atoms with E-state index in [1.807, 2.05) is 0 Å². The van der Waals surface area contributed by atoms with Gasteiger partial charge in [0.15, 0.2) is 12.4 Å². The molecule has 0 aromatic heterocycles. The van der Waals surface area contributed by atoms with Gasteiger partial charge in [0, 0.05) is 20.0 Å². The summed E-state index contributed by atoms with van der Waals surface area (Å²) in [5.41, 5.74) is 0. The van der Waals surface area contributed by atoms with Crippen LogP contribution in [0.15, 0.2) is 0 Å². The Hall–Kier alpha value is -1.34. The van der Waals surface area contributed by atoms with Crippen LogP contribution in [0.1, 0.15) is 219 Å². The lowest BCUT2D eigenvalue weighted by Gasteiger charge is -2.38. The molecule has 6 atom stereocenters. The predicted octanol–water partition coefficient (Wildman–Crippen LogP) is 9.39. The van der Waals surface area contributed by atoms with Crippen molar-refractivity contribution in [3.63, 3.8) is 0 Å². The van der Waals surface area contributed by atoms with Crippen molar-refractivity contribution in [2.75, 3.05) is 26.9 Å². The van der Waals surface area contributed by atoms with Gasteiger partial charge in [0.05, 0.1) is 13.2 Å². The van der Waals surface area contributed by atoms with Crippen molar-refractivity contribution in [2.45, 2.75) is 256 Å². The maximum absolute atomic E-state index is 12.1. The molecule has 1 saturated heterocycles. The van der Waals surface area contributed by atoms with Gasteiger partial charge in [-0.1, -0.05) is 194 Å². The zero-order valence-electron chi connectivity index (χ0n) is 36.9. The maximum atomic E-state index is 12.1. The lowest BCUT2D eigenvalue weighted by Crippen LogP contribution is -2.58. The molecule has 1 heterocycles. The molecule has 1 aliphatic heterocycles. The number of ether oxygens (including phenoxy) is 4. The number of esters is 2. The summed E-state index contributed by atoms with van der Waals surface area (Å²) in [7, 11) is 1.30. The Labute approximate surface area is 348 Å². The molecule has 340 valence electrons. The summed E-state index contributed by atoms with van der Waals surface area (Å²) in [4.78, 5) is 24.2. The first-order chi connectivity index (χ1) is 27.7. The molecule has 0 saturated carbocycles. The fraction of sp³-hybridized carbons (Fsp3) is 0.957.